The molecule has 1 radical (unpaired) electrons. The standard InChI is InChI=1S/C14H13/c1-2-4-6-8-10-12-14-13-11-9-7-5-3-1/h1-13H. The molecule has 1 aromatic rings. The Bertz CT molecular complexity index is 213. The van der Waals surface area contributed by atoms with Gasteiger partial charge in [0.15, 0.2) is 0 Å². The fourth-order valence-corrected chi connectivity index (χ4v) is 0.855. The molecular weight excluding hydrogens is 168 g/mol. The van der Waals surface area contributed by atoms with Crippen molar-refractivity contribution in [2.45, 2.75) is 0 Å². The molecule has 1 aromatic carbocycles. The van der Waals surface area contributed by atoms with E-state index in [0.717, 1.165) is 0 Å². The summed E-state index contributed by atoms with van der Waals surface area (Å²) in [4.78, 5) is 0. The first-order valence-electron chi connectivity index (χ1n) is 4.58. The smallest absolute Gasteiger partial charge is 0.0184 e. The SMILES string of the molecule is [c]1ccccccccccccc1. The molecule has 0 saturated heterocycles. The van der Waals surface area contributed by atoms with Crippen LogP contribution in [0.5, 0.6) is 0 Å². The molecule has 0 N–H and O–H groups in total. The van der Waals surface area contributed by atoms with E-state index in [4.69, 9.17) is 0 Å². The zero-order valence-corrected chi connectivity index (χ0v) is 8.01. The third-order valence-corrected chi connectivity index (χ3v) is 1.50. The molecule has 1 rings (SSSR count). The third kappa shape index (κ3) is 5.78. The van der Waals surface area contributed by atoms with Gasteiger partial charge in [-0.05, 0) is 6.07 Å². The lowest BCUT2D eigenvalue weighted by molar-refractivity contribution is 1.71. The average molecular weight is 181 g/mol. The molecular formula is C14H13. The van der Waals surface area contributed by atoms with E-state index in [1.165, 1.54) is 0 Å². The molecule has 0 heterocycles. The minimum Gasteiger partial charge on any atom is -0.0623 e. The van der Waals surface area contributed by atoms with Gasteiger partial charge in [0.2, 0.25) is 0 Å². The van der Waals surface area contributed by atoms with Gasteiger partial charge < -0.3 is 0 Å². The second-order valence-electron chi connectivity index (χ2n) is 2.62. The van der Waals surface area contributed by atoms with Crippen LogP contribution < -0.4 is 0 Å². The highest BCUT2D eigenvalue weighted by Crippen LogP contribution is 1.80. The van der Waals surface area contributed by atoms with E-state index in [0.29, 0.717) is 0 Å². The molecule has 69 valence electrons. The van der Waals surface area contributed by atoms with E-state index in [9.17, 15) is 0 Å². The van der Waals surface area contributed by atoms with Gasteiger partial charge in [0, 0.05) is 0 Å². The molecule has 0 aliphatic heterocycles. The lowest BCUT2D eigenvalue weighted by atomic mass is 10.4. The third-order valence-electron chi connectivity index (χ3n) is 1.50. The molecule has 0 fully saturated rings. The van der Waals surface area contributed by atoms with Gasteiger partial charge in [-0.2, -0.15) is 0 Å². The number of hydrogen-bond acceptors (Lipinski definition) is 0. The Hall–Kier alpha value is -1.82. The molecule has 0 saturated carbocycles. The number of hydrogen-bond donors (Lipinski definition) is 0. The topological polar surface area (TPSA) is 0 Å². The Morgan fingerprint density at radius 3 is 1.00 bits per heavy atom. The Labute approximate surface area is 85.5 Å². The van der Waals surface area contributed by atoms with Crippen molar-refractivity contribution in [3.63, 3.8) is 0 Å². The van der Waals surface area contributed by atoms with Gasteiger partial charge in [0.25, 0.3) is 0 Å². The van der Waals surface area contributed by atoms with Crippen molar-refractivity contribution >= 4 is 0 Å². The highest BCUT2D eigenvalue weighted by molar-refractivity contribution is 4.99. The number of rotatable bonds is 0. The predicted molar refractivity (Wildman–Crippen MR) is 60.5 cm³/mol. The molecule has 0 amide bonds. The summed E-state index contributed by atoms with van der Waals surface area (Å²) in [6, 6.07) is 28.5. The normalized spacial score (nSPS) is 8.00. The largest absolute Gasteiger partial charge is 0.0623 e. The van der Waals surface area contributed by atoms with Crippen molar-refractivity contribution in [2.24, 2.45) is 0 Å². The van der Waals surface area contributed by atoms with Gasteiger partial charge in [0.1, 0.15) is 0 Å². The highest BCUT2D eigenvalue weighted by atomic mass is 13.7. The summed E-state index contributed by atoms with van der Waals surface area (Å²) in [6.07, 6.45) is 0. The molecule has 14 heavy (non-hydrogen) atoms. The summed E-state index contributed by atoms with van der Waals surface area (Å²) in [7, 11) is 0. The highest BCUT2D eigenvalue weighted by Gasteiger charge is 1.59. The van der Waals surface area contributed by atoms with Gasteiger partial charge >= 0.3 is 0 Å². The van der Waals surface area contributed by atoms with Gasteiger partial charge in [-0.25, -0.2) is 0 Å². The average Bonchev–Trinajstić information content (AvgIpc) is 2.22. The fourth-order valence-electron chi connectivity index (χ4n) is 0.855. The molecule has 0 aromatic heterocycles. The zero-order chi connectivity index (χ0) is 9.90. The minimum atomic E-state index is 1.88. The predicted octanol–water partition coefficient (Wildman–Crippen LogP) is 3.74. The zero-order valence-electron chi connectivity index (χ0n) is 8.01. The summed E-state index contributed by atoms with van der Waals surface area (Å²) in [5.41, 5.74) is 0. The van der Waals surface area contributed by atoms with Crippen LogP contribution in [0.1, 0.15) is 0 Å². The maximum atomic E-state index is 3.02. The second-order valence-corrected chi connectivity index (χ2v) is 2.62. The lowest BCUT2D eigenvalue weighted by Gasteiger charge is -1.69. The quantitative estimate of drug-likeness (QED) is 0.572. The van der Waals surface area contributed by atoms with Crippen LogP contribution in [-0.4, -0.2) is 0 Å². The van der Waals surface area contributed by atoms with Crippen LogP contribution in [0, 0.1) is 6.07 Å². The molecule has 0 aliphatic carbocycles. The van der Waals surface area contributed by atoms with E-state index in [2.05, 4.69) is 6.07 Å². The van der Waals surface area contributed by atoms with Crippen molar-refractivity contribution < 1.29 is 0 Å². The first-order valence-corrected chi connectivity index (χ1v) is 4.58. The Morgan fingerprint density at radius 1 is 0.357 bits per heavy atom. The summed E-state index contributed by atoms with van der Waals surface area (Å²) in [6.45, 7) is 0. The maximum absolute atomic E-state index is 3.02. The van der Waals surface area contributed by atoms with Crippen molar-refractivity contribution in [1.82, 2.24) is 0 Å². The van der Waals surface area contributed by atoms with Crippen LogP contribution in [0.15, 0.2) is 78.9 Å². The van der Waals surface area contributed by atoms with Crippen molar-refractivity contribution in [3.8, 4) is 0 Å². The Balaban J connectivity index is 3.00. The van der Waals surface area contributed by atoms with Gasteiger partial charge in [-0.1, -0.05) is 78.9 Å². The van der Waals surface area contributed by atoms with Crippen LogP contribution in [0.2, 0.25) is 0 Å². The molecule has 0 bridgehead atoms. The second kappa shape index (κ2) is 7.81. The van der Waals surface area contributed by atoms with E-state index >= 15 is 0 Å². The minimum absolute atomic E-state index is 1.88. The van der Waals surface area contributed by atoms with Crippen LogP contribution in [0.3, 0.4) is 0 Å². The van der Waals surface area contributed by atoms with Gasteiger partial charge in [-0.15, -0.1) is 0 Å². The van der Waals surface area contributed by atoms with Crippen LogP contribution >= 0.6 is 0 Å². The molecule has 0 aliphatic rings. The van der Waals surface area contributed by atoms with Crippen molar-refractivity contribution in [1.29, 1.82) is 0 Å². The molecule has 0 heteroatoms. The first-order chi connectivity index (χ1) is 7.00. The molecule has 0 atom stereocenters. The van der Waals surface area contributed by atoms with E-state index in [-0.39, 0.29) is 0 Å². The van der Waals surface area contributed by atoms with Crippen LogP contribution in [0.25, 0.3) is 0 Å². The maximum Gasteiger partial charge on any atom is -0.0184 e. The van der Waals surface area contributed by atoms with E-state index in [1.807, 2.05) is 78.9 Å². The van der Waals surface area contributed by atoms with Crippen LogP contribution in [-0.2, 0) is 0 Å². The molecule has 0 unspecified atom stereocenters. The Morgan fingerprint density at radius 2 is 0.643 bits per heavy atom. The monoisotopic (exact) mass is 181 g/mol. The summed E-state index contributed by atoms with van der Waals surface area (Å²) < 4.78 is 0. The van der Waals surface area contributed by atoms with Gasteiger partial charge in [-0.3, -0.25) is 0 Å². The molecule has 0 spiro atoms. The molecule has 0 nitrogen and oxygen atoms in total. The van der Waals surface area contributed by atoms with Crippen molar-refractivity contribution in [2.75, 3.05) is 0 Å². The van der Waals surface area contributed by atoms with Crippen LogP contribution in [0.4, 0.5) is 0 Å². The summed E-state index contributed by atoms with van der Waals surface area (Å²) >= 11 is 0. The fraction of sp³-hybridized carbons (Fsp3) is 0. The van der Waals surface area contributed by atoms with E-state index < -0.39 is 0 Å². The van der Waals surface area contributed by atoms with Gasteiger partial charge in [0.05, 0.1) is 0 Å². The summed E-state index contributed by atoms with van der Waals surface area (Å²) in [5.74, 6) is 0. The summed E-state index contributed by atoms with van der Waals surface area (Å²) in [5, 5.41) is 0. The lowest BCUT2D eigenvalue weighted by Crippen LogP contribution is -1.48. The van der Waals surface area contributed by atoms with Crippen molar-refractivity contribution in [3.05, 3.63) is 84.9 Å². The first kappa shape index (κ1) is 10.3. The van der Waals surface area contributed by atoms with E-state index in [1.54, 1.807) is 0 Å². The Kier molecular flexibility index (Phi) is 5.72.